The van der Waals surface area contributed by atoms with Crippen LogP contribution < -0.4 is 0 Å². The summed E-state index contributed by atoms with van der Waals surface area (Å²) in [5, 5.41) is 11.6. The van der Waals surface area contributed by atoms with Gasteiger partial charge in [0.2, 0.25) is 0 Å². The molecule has 2 fully saturated rings. The molecule has 0 saturated carbocycles. The van der Waals surface area contributed by atoms with Crippen molar-refractivity contribution in [3.8, 4) is 0 Å². The molecule has 0 nitrogen and oxygen atoms in total. The monoisotopic (exact) mass is 502 g/mol. The zero-order valence-corrected chi connectivity index (χ0v) is 18.3. The Morgan fingerprint density at radius 3 is 1.89 bits per heavy atom. The van der Waals surface area contributed by atoms with Crippen LogP contribution in [0.25, 0.3) is 0 Å². The van der Waals surface area contributed by atoms with E-state index in [1.807, 2.05) is 0 Å². The van der Waals surface area contributed by atoms with Crippen molar-refractivity contribution in [3.63, 3.8) is 0 Å². The minimum atomic E-state index is 0.968. The molecule has 106 valence electrons. The molecule has 0 aromatic rings. The average Bonchev–Trinajstić information content (AvgIpc) is 3.25. The van der Waals surface area contributed by atoms with E-state index in [1.54, 1.807) is 21.3 Å². The van der Waals surface area contributed by atoms with Crippen LogP contribution >= 0.6 is 35.3 Å². The molecular formula is C12H22S3Se3. The van der Waals surface area contributed by atoms with Crippen LogP contribution in [0.15, 0.2) is 0 Å². The standard InChI is InChI=1S/C12H22S3Se3/c1(13-2-4-17-9-11-7-14-11)3-16-5-6-18-10-12-8-15-12/h11-12H,1-10H2. The molecule has 0 aliphatic carbocycles. The predicted octanol–water partition coefficient (Wildman–Crippen LogP) is 3.57. The van der Waals surface area contributed by atoms with E-state index in [-0.39, 0.29) is 0 Å². The van der Waals surface area contributed by atoms with Crippen LogP contribution in [0.5, 0.6) is 0 Å². The Morgan fingerprint density at radius 1 is 0.778 bits per heavy atom. The van der Waals surface area contributed by atoms with Crippen LogP contribution in [0.2, 0.25) is 31.9 Å². The van der Waals surface area contributed by atoms with Crippen molar-refractivity contribution in [2.75, 3.05) is 23.0 Å². The Kier molecular flexibility index (Phi) is 10.6. The molecule has 2 heterocycles. The molecule has 2 aliphatic heterocycles. The molecule has 18 heavy (non-hydrogen) atoms. The second kappa shape index (κ2) is 11.2. The molecule has 2 unspecified atom stereocenters. The Hall–Kier alpha value is 2.61. The molecule has 2 aliphatic rings. The van der Waals surface area contributed by atoms with E-state index in [1.165, 1.54) is 33.6 Å². The first-order valence-electron chi connectivity index (χ1n) is 6.49. The third kappa shape index (κ3) is 10.4. The van der Waals surface area contributed by atoms with E-state index < -0.39 is 0 Å². The zero-order valence-electron chi connectivity index (χ0n) is 10.7. The van der Waals surface area contributed by atoms with Gasteiger partial charge < -0.3 is 0 Å². The molecule has 0 aromatic heterocycles. The maximum absolute atomic E-state index is 2.23. The average molecular weight is 499 g/mol. The fraction of sp³-hybridized carbons (Fsp3) is 1.00. The van der Waals surface area contributed by atoms with Crippen molar-refractivity contribution >= 4 is 80.2 Å². The van der Waals surface area contributed by atoms with Crippen molar-refractivity contribution in [3.05, 3.63) is 0 Å². The summed E-state index contributed by atoms with van der Waals surface area (Å²) in [4.78, 5) is 0. The fourth-order valence-corrected chi connectivity index (χ4v) is 14.3. The van der Waals surface area contributed by atoms with Crippen LogP contribution in [0, 0.1) is 0 Å². The van der Waals surface area contributed by atoms with E-state index in [0.29, 0.717) is 0 Å². The Morgan fingerprint density at radius 2 is 1.28 bits per heavy atom. The molecule has 2 atom stereocenters. The Bertz CT molecular complexity index is 189. The van der Waals surface area contributed by atoms with Crippen LogP contribution in [-0.2, 0) is 0 Å². The number of hydrogen-bond donors (Lipinski definition) is 0. The van der Waals surface area contributed by atoms with Crippen molar-refractivity contribution < 1.29 is 0 Å². The normalized spacial score (nSPS) is 25.3. The van der Waals surface area contributed by atoms with Gasteiger partial charge in [0.05, 0.1) is 0 Å². The number of hydrogen-bond acceptors (Lipinski definition) is 3. The summed E-state index contributed by atoms with van der Waals surface area (Å²) in [6.45, 7) is 0. The summed E-state index contributed by atoms with van der Waals surface area (Å²) in [5.41, 5.74) is 0. The van der Waals surface area contributed by atoms with Crippen LogP contribution in [0.3, 0.4) is 0 Å². The first-order valence-corrected chi connectivity index (χ1v) is 17.0. The predicted molar refractivity (Wildman–Crippen MR) is 95.9 cm³/mol. The molecule has 2 saturated heterocycles. The SMILES string of the molecule is C(C[Se]CC[Se]CC1CS1)SCC[Se]CC1CS1. The second-order valence-electron chi connectivity index (χ2n) is 4.29. The van der Waals surface area contributed by atoms with Gasteiger partial charge in [-0.3, -0.25) is 0 Å². The fourth-order valence-electron chi connectivity index (χ4n) is 1.32. The number of thioether (sulfide) groups is 3. The topological polar surface area (TPSA) is 0 Å². The van der Waals surface area contributed by atoms with Gasteiger partial charge in [0.25, 0.3) is 0 Å². The molecule has 0 aromatic carbocycles. The molecule has 0 radical (unpaired) electrons. The first-order chi connectivity index (χ1) is 8.95. The van der Waals surface area contributed by atoms with Crippen LogP contribution in [0.1, 0.15) is 0 Å². The molecule has 0 amide bonds. The summed E-state index contributed by atoms with van der Waals surface area (Å²) in [5.74, 6) is 5.86. The van der Waals surface area contributed by atoms with E-state index in [4.69, 9.17) is 0 Å². The van der Waals surface area contributed by atoms with E-state index >= 15 is 0 Å². The van der Waals surface area contributed by atoms with Crippen molar-refractivity contribution in [1.82, 2.24) is 0 Å². The first kappa shape index (κ1) is 17.0. The van der Waals surface area contributed by atoms with Gasteiger partial charge >= 0.3 is 146 Å². The van der Waals surface area contributed by atoms with E-state index in [0.717, 1.165) is 55.4 Å². The van der Waals surface area contributed by atoms with Gasteiger partial charge in [-0.15, -0.1) is 0 Å². The van der Waals surface area contributed by atoms with E-state index in [2.05, 4.69) is 35.3 Å². The third-order valence-corrected chi connectivity index (χ3v) is 15.7. The van der Waals surface area contributed by atoms with E-state index in [9.17, 15) is 0 Å². The summed E-state index contributed by atoms with van der Waals surface area (Å²) in [6.07, 6.45) is 0. The summed E-state index contributed by atoms with van der Waals surface area (Å²) in [6, 6.07) is 0. The Labute approximate surface area is 144 Å². The van der Waals surface area contributed by atoms with Crippen LogP contribution in [-0.4, -0.2) is 78.4 Å². The van der Waals surface area contributed by atoms with Crippen molar-refractivity contribution in [2.24, 2.45) is 0 Å². The minimum absolute atomic E-state index is 0.968. The molecule has 0 bridgehead atoms. The summed E-state index contributed by atoms with van der Waals surface area (Å²) >= 11 is 9.50. The van der Waals surface area contributed by atoms with Crippen molar-refractivity contribution in [2.45, 2.75) is 42.4 Å². The number of rotatable bonds is 13. The van der Waals surface area contributed by atoms with Crippen LogP contribution in [0.4, 0.5) is 0 Å². The van der Waals surface area contributed by atoms with Gasteiger partial charge in [-0.1, -0.05) is 0 Å². The molecule has 0 N–H and O–H groups in total. The molecule has 0 spiro atoms. The molecular weight excluding hydrogens is 477 g/mol. The quantitative estimate of drug-likeness (QED) is 0.216. The van der Waals surface area contributed by atoms with Gasteiger partial charge in [0.1, 0.15) is 0 Å². The third-order valence-electron chi connectivity index (χ3n) is 2.53. The maximum atomic E-state index is 2.23. The van der Waals surface area contributed by atoms with Gasteiger partial charge in [0, 0.05) is 0 Å². The summed E-state index contributed by atoms with van der Waals surface area (Å²) < 4.78 is 0. The van der Waals surface area contributed by atoms with Gasteiger partial charge in [-0.05, 0) is 0 Å². The van der Waals surface area contributed by atoms with Gasteiger partial charge in [0.15, 0.2) is 0 Å². The van der Waals surface area contributed by atoms with Gasteiger partial charge in [-0.25, -0.2) is 0 Å². The van der Waals surface area contributed by atoms with Gasteiger partial charge in [-0.2, -0.15) is 0 Å². The zero-order chi connectivity index (χ0) is 12.5. The Balaban J connectivity index is 1.19. The molecule has 2 rings (SSSR count). The summed E-state index contributed by atoms with van der Waals surface area (Å²) in [7, 11) is 0. The second-order valence-corrected chi connectivity index (χ2v) is 15.6. The molecule has 6 heteroatoms. The van der Waals surface area contributed by atoms with Crippen molar-refractivity contribution in [1.29, 1.82) is 0 Å².